The standard InChI is InChI=1S/C10H10.HI3/c1-3-9-7-5-6-8-10(9)4-2;1-3-2/h3-8H,1-2H2;3H. The molecule has 0 fully saturated rings. The van der Waals surface area contributed by atoms with Crippen molar-refractivity contribution in [2.24, 2.45) is 0 Å². The zero-order valence-electron chi connectivity index (χ0n) is 7.04. The summed E-state index contributed by atoms with van der Waals surface area (Å²) in [5, 5.41) is 0. The maximum atomic E-state index is 3.69. The number of halogens is 3. The Morgan fingerprint density at radius 1 is 1.00 bits per heavy atom. The first-order chi connectivity index (χ1) is 6.29. The van der Waals surface area contributed by atoms with Crippen LogP contribution in [0.1, 0.15) is 11.1 Å². The van der Waals surface area contributed by atoms with Gasteiger partial charge >= 0.3 is 50.5 Å². The van der Waals surface area contributed by atoms with Gasteiger partial charge in [0.05, 0.1) is 0 Å². The molecule has 0 aromatic heterocycles. The van der Waals surface area contributed by atoms with E-state index in [1.54, 1.807) is 0 Å². The van der Waals surface area contributed by atoms with E-state index in [4.69, 9.17) is 0 Å². The molecule has 72 valence electrons. The maximum absolute atomic E-state index is 3.69. The van der Waals surface area contributed by atoms with Gasteiger partial charge in [0.1, 0.15) is 0 Å². The van der Waals surface area contributed by atoms with Gasteiger partial charge in [-0.2, -0.15) is 0 Å². The van der Waals surface area contributed by atoms with Crippen LogP contribution >= 0.6 is 50.5 Å². The molecule has 0 aliphatic carbocycles. The van der Waals surface area contributed by atoms with Gasteiger partial charge in [-0.25, -0.2) is 0 Å². The Morgan fingerprint density at radius 3 is 1.54 bits per heavy atom. The van der Waals surface area contributed by atoms with Crippen LogP contribution < -0.4 is 0 Å². The fourth-order valence-corrected chi connectivity index (χ4v) is 0.883. The summed E-state index contributed by atoms with van der Waals surface area (Å²) < 4.78 is 0. The number of benzene rings is 1. The van der Waals surface area contributed by atoms with Crippen molar-refractivity contribution in [1.29, 1.82) is 0 Å². The molecule has 0 spiro atoms. The van der Waals surface area contributed by atoms with Gasteiger partial charge in [0, 0.05) is 0 Å². The first-order valence-electron chi connectivity index (χ1n) is 3.53. The van der Waals surface area contributed by atoms with E-state index in [-0.39, 0.29) is 0 Å². The summed E-state index contributed by atoms with van der Waals surface area (Å²) in [6.45, 7) is 7.38. The molecule has 3 heteroatoms. The molecular weight excluding hydrogens is 501 g/mol. The van der Waals surface area contributed by atoms with Crippen molar-refractivity contribution >= 4 is 62.6 Å². The molecule has 0 aliphatic heterocycles. The van der Waals surface area contributed by atoms with Crippen molar-refractivity contribution in [3.63, 3.8) is 0 Å². The molecule has 0 bridgehead atoms. The average Bonchev–Trinajstić information content (AvgIpc) is 2.19. The molecule has 0 saturated carbocycles. The van der Waals surface area contributed by atoms with Gasteiger partial charge in [-0.15, -0.1) is 0 Å². The normalized spacial score (nSPS) is 8.46. The molecule has 1 rings (SSSR count). The quantitative estimate of drug-likeness (QED) is 0.469. The second kappa shape index (κ2) is 9.45. The molecule has 0 N–H and O–H groups in total. The third-order valence-corrected chi connectivity index (χ3v) is 1.44. The molecule has 1 aromatic rings. The second-order valence-electron chi connectivity index (χ2n) is 2.10. The minimum absolute atomic E-state index is 0.410. The minimum atomic E-state index is 0.410. The van der Waals surface area contributed by atoms with Gasteiger partial charge < -0.3 is 0 Å². The van der Waals surface area contributed by atoms with Crippen LogP contribution in [0.4, 0.5) is 0 Å². The Bertz CT molecular complexity index is 242. The van der Waals surface area contributed by atoms with Crippen LogP contribution in [-0.4, -0.2) is 0 Å². The average molecular weight is 512 g/mol. The first-order valence-corrected chi connectivity index (χ1v) is 17.1. The molecule has 0 saturated heterocycles. The Kier molecular flexibility index (Phi) is 10.1. The SMILES string of the molecule is C=Cc1ccccc1C=C.I[IH]I. The van der Waals surface area contributed by atoms with E-state index < -0.39 is 0 Å². The molecule has 0 aliphatic rings. The van der Waals surface area contributed by atoms with E-state index in [0.29, 0.717) is 13.3 Å². The van der Waals surface area contributed by atoms with Crippen LogP contribution in [-0.2, 0) is 0 Å². The Hall–Kier alpha value is 0.890. The number of hydrogen-bond donors (Lipinski definition) is 0. The zero-order chi connectivity index (χ0) is 10.1. The number of hydrogen-bond acceptors (Lipinski definition) is 0. The molecular formula is C10H11I3. The van der Waals surface area contributed by atoms with Gasteiger partial charge in [-0.3, -0.25) is 0 Å². The molecule has 0 amide bonds. The van der Waals surface area contributed by atoms with Crippen LogP contribution in [0.15, 0.2) is 37.4 Å². The van der Waals surface area contributed by atoms with Crippen LogP contribution in [0.25, 0.3) is 12.2 Å². The monoisotopic (exact) mass is 512 g/mol. The van der Waals surface area contributed by atoms with E-state index in [2.05, 4.69) is 50.4 Å². The first kappa shape index (κ1) is 13.9. The van der Waals surface area contributed by atoms with Crippen molar-refractivity contribution in [1.82, 2.24) is 0 Å². The van der Waals surface area contributed by atoms with Gasteiger partial charge in [0.15, 0.2) is 0 Å². The van der Waals surface area contributed by atoms with Gasteiger partial charge in [0.25, 0.3) is 0 Å². The molecule has 0 radical (unpaired) electrons. The van der Waals surface area contributed by atoms with E-state index in [0.717, 1.165) is 11.1 Å². The van der Waals surface area contributed by atoms with Crippen LogP contribution in [0.2, 0.25) is 0 Å². The van der Waals surface area contributed by atoms with E-state index in [9.17, 15) is 0 Å². The Balaban J connectivity index is 0.000000424. The Labute approximate surface area is 110 Å². The van der Waals surface area contributed by atoms with Gasteiger partial charge in [-0.05, 0) is 11.1 Å². The zero-order valence-corrected chi connectivity index (χ0v) is 13.7. The molecule has 0 atom stereocenters. The van der Waals surface area contributed by atoms with Crippen LogP contribution in [0.3, 0.4) is 0 Å². The fourth-order valence-electron chi connectivity index (χ4n) is 0.883. The Morgan fingerprint density at radius 2 is 1.31 bits per heavy atom. The third kappa shape index (κ3) is 6.05. The molecule has 0 nitrogen and oxygen atoms in total. The number of rotatable bonds is 2. The van der Waals surface area contributed by atoms with Crippen molar-refractivity contribution in [3.05, 3.63) is 48.6 Å². The summed E-state index contributed by atoms with van der Waals surface area (Å²) >= 11 is 5.22. The fraction of sp³-hybridized carbons (Fsp3) is 0. The van der Waals surface area contributed by atoms with E-state index in [1.165, 1.54) is 0 Å². The van der Waals surface area contributed by atoms with Crippen LogP contribution in [0.5, 0.6) is 0 Å². The van der Waals surface area contributed by atoms with E-state index in [1.807, 2.05) is 36.4 Å². The molecule has 13 heavy (non-hydrogen) atoms. The van der Waals surface area contributed by atoms with E-state index >= 15 is 0 Å². The molecule has 1 aromatic carbocycles. The second-order valence-corrected chi connectivity index (χ2v) is 19.6. The predicted octanol–water partition coefficient (Wildman–Crippen LogP) is 5.36. The summed E-state index contributed by atoms with van der Waals surface area (Å²) in [6, 6.07) is 8.02. The predicted molar refractivity (Wildman–Crippen MR) is 90.1 cm³/mol. The summed E-state index contributed by atoms with van der Waals surface area (Å²) in [4.78, 5) is 0. The molecule has 0 heterocycles. The van der Waals surface area contributed by atoms with Crippen molar-refractivity contribution in [3.8, 4) is 0 Å². The third-order valence-electron chi connectivity index (χ3n) is 1.44. The van der Waals surface area contributed by atoms with Crippen molar-refractivity contribution in [2.75, 3.05) is 0 Å². The molecule has 0 unspecified atom stereocenters. The topological polar surface area (TPSA) is 0 Å². The van der Waals surface area contributed by atoms with Gasteiger partial charge in [-0.1, -0.05) is 49.6 Å². The summed E-state index contributed by atoms with van der Waals surface area (Å²) in [5.74, 6) is 0. The summed E-state index contributed by atoms with van der Waals surface area (Å²) in [5.41, 5.74) is 2.27. The van der Waals surface area contributed by atoms with Gasteiger partial charge in [0.2, 0.25) is 0 Å². The summed E-state index contributed by atoms with van der Waals surface area (Å²) in [6.07, 6.45) is 3.66. The summed E-state index contributed by atoms with van der Waals surface area (Å²) in [7, 11) is 0. The van der Waals surface area contributed by atoms with Crippen molar-refractivity contribution in [2.45, 2.75) is 0 Å². The van der Waals surface area contributed by atoms with Crippen molar-refractivity contribution < 1.29 is 0 Å². The van der Waals surface area contributed by atoms with Crippen LogP contribution in [0, 0.1) is 0 Å².